The van der Waals surface area contributed by atoms with Crippen LogP contribution in [0, 0.1) is 11.8 Å². The van der Waals surface area contributed by atoms with Crippen molar-refractivity contribution in [2.75, 3.05) is 25.2 Å². The van der Waals surface area contributed by atoms with Crippen molar-refractivity contribution in [1.82, 2.24) is 5.32 Å². The standard InChI is InChI=1S/C20H28N2O3/c1-14(13-25-2)21-19(23)16-8-4-5-9-17(16)20(24)22-12-11-15-7-3-6-10-18(15)22/h3,6-7,10,14,16-17H,4-5,8-9,11-13H2,1-2H3,(H,21,23). The average Bonchev–Trinajstić information content (AvgIpc) is 3.05. The van der Waals surface area contributed by atoms with Crippen LogP contribution in [0.1, 0.15) is 38.2 Å². The molecule has 0 bridgehead atoms. The van der Waals surface area contributed by atoms with Crippen LogP contribution in [0.4, 0.5) is 5.69 Å². The molecule has 1 aromatic carbocycles. The van der Waals surface area contributed by atoms with E-state index in [1.807, 2.05) is 30.0 Å². The van der Waals surface area contributed by atoms with Crippen molar-refractivity contribution in [2.24, 2.45) is 11.8 Å². The van der Waals surface area contributed by atoms with E-state index >= 15 is 0 Å². The topological polar surface area (TPSA) is 58.6 Å². The molecule has 1 fully saturated rings. The summed E-state index contributed by atoms with van der Waals surface area (Å²) in [7, 11) is 1.63. The highest BCUT2D eigenvalue weighted by Gasteiger charge is 2.39. The average molecular weight is 344 g/mol. The van der Waals surface area contributed by atoms with E-state index in [1.54, 1.807) is 7.11 Å². The summed E-state index contributed by atoms with van der Waals surface area (Å²) in [5.41, 5.74) is 2.24. The summed E-state index contributed by atoms with van der Waals surface area (Å²) in [6, 6.07) is 8.05. The van der Waals surface area contributed by atoms with E-state index in [2.05, 4.69) is 11.4 Å². The van der Waals surface area contributed by atoms with E-state index in [1.165, 1.54) is 5.56 Å². The first-order valence-electron chi connectivity index (χ1n) is 9.30. The maximum Gasteiger partial charge on any atom is 0.230 e. The third-order valence-electron chi connectivity index (χ3n) is 5.38. The largest absolute Gasteiger partial charge is 0.383 e. The molecule has 5 heteroatoms. The zero-order valence-electron chi connectivity index (χ0n) is 15.2. The van der Waals surface area contributed by atoms with Crippen LogP contribution in [-0.4, -0.2) is 38.1 Å². The van der Waals surface area contributed by atoms with Crippen molar-refractivity contribution in [3.05, 3.63) is 29.8 Å². The molecule has 1 aromatic rings. The summed E-state index contributed by atoms with van der Waals surface area (Å²) in [5.74, 6) is -0.331. The molecule has 5 nitrogen and oxygen atoms in total. The van der Waals surface area contributed by atoms with Crippen LogP contribution in [0.3, 0.4) is 0 Å². The van der Waals surface area contributed by atoms with Gasteiger partial charge in [-0.2, -0.15) is 0 Å². The molecule has 3 atom stereocenters. The Morgan fingerprint density at radius 2 is 1.96 bits per heavy atom. The minimum atomic E-state index is -0.228. The second-order valence-corrected chi connectivity index (χ2v) is 7.23. The molecule has 0 saturated heterocycles. The molecule has 1 heterocycles. The highest BCUT2D eigenvalue weighted by atomic mass is 16.5. The van der Waals surface area contributed by atoms with Crippen LogP contribution in [0.5, 0.6) is 0 Å². The van der Waals surface area contributed by atoms with Gasteiger partial charge in [0.25, 0.3) is 0 Å². The Bertz CT molecular complexity index is 631. The van der Waals surface area contributed by atoms with Gasteiger partial charge in [-0.1, -0.05) is 31.0 Å². The molecule has 2 amide bonds. The molecule has 1 N–H and O–H groups in total. The Morgan fingerprint density at radius 3 is 2.72 bits per heavy atom. The summed E-state index contributed by atoms with van der Waals surface area (Å²) in [5, 5.41) is 3.01. The highest BCUT2D eigenvalue weighted by Crippen LogP contribution is 2.35. The second kappa shape index (κ2) is 8.00. The Hall–Kier alpha value is -1.88. The number of anilines is 1. The number of rotatable bonds is 5. The Morgan fingerprint density at radius 1 is 1.24 bits per heavy atom. The number of nitrogens with zero attached hydrogens (tertiary/aromatic N) is 1. The van der Waals surface area contributed by atoms with Gasteiger partial charge >= 0.3 is 0 Å². The van der Waals surface area contributed by atoms with Crippen LogP contribution < -0.4 is 10.2 Å². The van der Waals surface area contributed by atoms with E-state index in [9.17, 15) is 9.59 Å². The Labute approximate surface area is 149 Å². The molecule has 3 rings (SSSR count). The summed E-state index contributed by atoms with van der Waals surface area (Å²) in [6.07, 6.45) is 4.52. The van der Waals surface area contributed by atoms with Gasteiger partial charge in [0.15, 0.2) is 0 Å². The van der Waals surface area contributed by atoms with Crippen LogP contribution in [0.25, 0.3) is 0 Å². The number of para-hydroxylation sites is 1. The van der Waals surface area contributed by atoms with E-state index in [-0.39, 0.29) is 29.7 Å². The van der Waals surface area contributed by atoms with Gasteiger partial charge in [0.1, 0.15) is 0 Å². The minimum absolute atomic E-state index is 0.00455. The molecule has 1 aliphatic carbocycles. The number of carbonyl (C=O) groups excluding carboxylic acids is 2. The van der Waals surface area contributed by atoms with Gasteiger partial charge in [0, 0.05) is 31.3 Å². The van der Waals surface area contributed by atoms with Crippen molar-refractivity contribution >= 4 is 17.5 Å². The number of ether oxygens (including phenoxy) is 1. The number of fused-ring (bicyclic) bond motifs is 1. The first-order chi connectivity index (χ1) is 12.1. The SMILES string of the molecule is COCC(C)NC(=O)C1CCCCC1C(=O)N1CCc2ccccc21. The molecular weight excluding hydrogens is 316 g/mol. The summed E-state index contributed by atoms with van der Waals surface area (Å²) in [6.45, 7) is 3.14. The van der Waals surface area contributed by atoms with Crippen molar-refractivity contribution in [3.63, 3.8) is 0 Å². The van der Waals surface area contributed by atoms with Gasteiger partial charge in [-0.25, -0.2) is 0 Å². The van der Waals surface area contributed by atoms with Crippen LogP contribution >= 0.6 is 0 Å². The molecule has 2 aliphatic rings. The fourth-order valence-electron chi connectivity index (χ4n) is 4.15. The predicted octanol–water partition coefficient (Wildman–Crippen LogP) is 2.53. The molecule has 0 aromatic heterocycles. The maximum atomic E-state index is 13.2. The first-order valence-corrected chi connectivity index (χ1v) is 9.30. The third-order valence-corrected chi connectivity index (χ3v) is 5.38. The summed E-state index contributed by atoms with van der Waals surface area (Å²) >= 11 is 0. The lowest BCUT2D eigenvalue weighted by atomic mass is 9.77. The van der Waals surface area contributed by atoms with Gasteiger partial charge in [0.2, 0.25) is 11.8 Å². The van der Waals surface area contributed by atoms with Crippen molar-refractivity contribution < 1.29 is 14.3 Å². The third kappa shape index (κ3) is 3.87. The number of benzene rings is 1. The van der Waals surface area contributed by atoms with Gasteiger partial charge in [0.05, 0.1) is 12.5 Å². The quantitative estimate of drug-likeness (QED) is 0.893. The zero-order chi connectivity index (χ0) is 17.8. The van der Waals surface area contributed by atoms with Gasteiger partial charge in [-0.15, -0.1) is 0 Å². The zero-order valence-corrected chi connectivity index (χ0v) is 15.2. The molecule has 1 aliphatic heterocycles. The normalized spacial score (nSPS) is 23.8. The minimum Gasteiger partial charge on any atom is -0.383 e. The van der Waals surface area contributed by atoms with Crippen molar-refractivity contribution in [3.8, 4) is 0 Å². The number of methoxy groups -OCH3 is 1. The smallest absolute Gasteiger partial charge is 0.230 e. The highest BCUT2D eigenvalue weighted by molar-refractivity contribution is 5.99. The van der Waals surface area contributed by atoms with Crippen LogP contribution in [0.15, 0.2) is 24.3 Å². The summed E-state index contributed by atoms with van der Waals surface area (Å²) < 4.78 is 5.10. The fraction of sp³-hybridized carbons (Fsp3) is 0.600. The lowest BCUT2D eigenvalue weighted by Gasteiger charge is -2.33. The Balaban J connectivity index is 1.73. The van der Waals surface area contributed by atoms with Gasteiger partial charge in [-0.05, 0) is 37.8 Å². The summed E-state index contributed by atoms with van der Waals surface area (Å²) in [4.78, 5) is 27.8. The molecule has 0 radical (unpaired) electrons. The van der Waals surface area contributed by atoms with Crippen molar-refractivity contribution in [1.29, 1.82) is 0 Å². The van der Waals surface area contributed by atoms with E-state index < -0.39 is 0 Å². The van der Waals surface area contributed by atoms with Crippen molar-refractivity contribution in [2.45, 2.75) is 45.1 Å². The monoisotopic (exact) mass is 344 g/mol. The molecular formula is C20H28N2O3. The Kier molecular flexibility index (Phi) is 5.74. The number of hydrogen-bond acceptors (Lipinski definition) is 3. The predicted molar refractivity (Wildman–Crippen MR) is 97.4 cm³/mol. The second-order valence-electron chi connectivity index (χ2n) is 7.23. The van der Waals surface area contributed by atoms with E-state index in [0.29, 0.717) is 6.61 Å². The maximum absolute atomic E-state index is 13.2. The lowest BCUT2D eigenvalue weighted by Crippen LogP contribution is -2.47. The number of carbonyl (C=O) groups is 2. The molecule has 3 unspecified atom stereocenters. The van der Waals surface area contributed by atoms with Crippen LogP contribution in [-0.2, 0) is 20.7 Å². The number of hydrogen-bond donors (Lipinski definition) is 1. The van der Waals surface area contributed by atoms with E-state index in [0.717, 1.165) is 44.3 Å². The van der Waals surface area contributed by atoms with Gasteiger partial charge < -0.3 is 15.0 Å². The number of amides is 2. The molecule has 136 valence electrons. The molecule has 25 heavy (non-hydrogen) atoms. The fourth-order valence-corrected chi connectivity index (χ4v) is 4.15. The van der Waals surface area contributed by atoms with Gasteiger partial charge in [-0.3, -0.25) is 9.59 Å². The number of nitrogens with one attached hydrogen (secondary N) is 1. The molecule has 1 saturated carbocycles. The first kappa shape index (κ1) is 17.9. The van der Waals surface area contributed by atoms with Crippen LogP contribution in [0.2, 0.25) is 0 Å². The van der Waals surface area contributed by atoms with E-state index in [4.69, 9.17) is 4.74 Å². The molecule has 0 spiro atoms. The lowest BCUT2D eigenvalue weighted by molar-refractivity contribution is -0.135.